The monoisotopic (exact) mass is 247 g/mol. The topological polar surface area (TPSA) is 66.4 Å². The Labute approximate surface area is 106 Å². The maximum absolute atomic E-state index is 12.0. The zero-order valence-corrected chi connectivity index (χ0v) is 10.3. The van der Waals surface area contributed by atoms with Crippen molar-refractivity contribution in [3.63, 3.8) is 0 Å². The van der Waals surface area contributed by atoms with E-state index in [0.29, 0.717) is 11.5 Å². The maximum atomic E-state index is 12.0. The van der Waals surface area contributed by atoms with Crippen molar-refractivity contribution < 1.29 is 14.7 Å². The van der Waals surface area contributed by atoms with Crippen molar-refractivity contribution in [2.75, 3.05) is 0 Å². The van der Waals surface area contributed by atoms with Gasteiger partial charge in [-0.15, -0.1) is 0 Å². The molecule has 0 aliphatic heterocycles. The molecule has 1 aliphatic carbocycles. The smallest absolute Gasteiger partial charge is 0.335 e. The Hall–Kier alpha value is -1.84. The third-order valence-corrected chi connectivity index (χ3v) is 3.59. The Balaban J connectivity index is 2.03. The molecule has 1 aromatic rings. The fourth-order valence-electron chi connectivity index (χ4n) is 2.14. The molecule has 0 aromatic heterocycles. The zero-order valence-electron chi connectivity index (χ0n) is 10.3. The van der Waals surface area contributed by atoms with Gasteiger partial charge in [0.2, 0.25) is 0 Å². The number of hydrogen-bond donors (Lipinski definition) is 2. The van der Waals surface area contributed by atoms with Crippen molar-refractivity contribution in [1.29, 1.82) is 0 Å². The van der Waals surface area contributed by atoms with Gasteiger partial charge in [-0.05, 0) is 43.9 Å². The predicted molar refractivity (Wildman–Crippen MR) is 67.7 cm³/mol. The van der Waals surface area contributed by atoms with Crippen LogP contribution >= 0.6 is 0 Å². The summed E-state index contributed by atoms with van der Waals surface area (Å²) in [5.74, 6) is -0.647. The van der Waals surface area contributed by atoms with E-state index >= 15 is 0 Å². The lowest BCUT2D eigenvalue weighted by Gasteiger charge is -2.31. The Kier molecular flexibility index (Phi) is 3.65. The summed E-state index contributed by atoms with van der Waals surface area (Å²) in [6, 6.07) is 6.26. The number of carboxylic acids is 1. The Bertz CT molecular complexity index is 466. The molecule has 4 heteroatoms. The molecule has 4 nitrogen and oxygen atoms in total. The van der Waals surface area contributed by atoms with E-state index < -0.39 is 5.97 Å². The van der Waals surface area contributed by atoms with E-state index in [9.17, 15) is 9.59 Å². The van der Waals surface area contributed by atoms with Crippen LogP contribution in [0, 0.1) is 5.92 Å². The van der Waals surface area contributed by atoms with E-state index in [0.717, 1.165) is 12.8 Å². The van der Waals surface area contributed by atoms with Gasteiger partial charge in [0.25, 0.3) is 5.91 Å². The van der Waals surface area contributed by atoms with Crippen LogP contribution in [-0.2, 0) is 0 Å². The molecule has 2 N–H and O–H groups in total. The molecule has 1 atom stereocenters. The van der Waals surface area contributed by atoms with Crippen LogP contribution in [0.3, 0.4) is 0 Å². The van der Waals surface area contributed by atoms with Gasteiger partial charge in [0.1, 0.15) is 0 Å². The quantitative estimate of drug-likeness (QED) is 0.858. The second-order valence-corrected chi connectivity index (χ2v) is 4.84. The van der Waals surface area contributed by atoms with Crippen LogP contribution in [0.5, 0.6) is 0 Å². The minimum Gasteiger partial charge on any atom is -0.478 e. The van der Waals surface area contributed by atoms with E-state index in [1.807, 2.05) is 6.92 Å². The van der Waals surface area contributed by atoms with E-state index in [4.69, 9.17) is 5.11 Å². The van der Waals surface area contributed by atoms with Crippen LogP contribution in [0.2, 0.25) is 0 Å². The van der Waals surface area contributed by atoms with E-state index in [2.05, 4.69) is 5.32 Å². The van der Waals surface area contributed by atoms with Crippen LogP contribution in [0.1, 0.15) is 46.9 Å². The molecule has 1 fully saturated rings. The molecule has 0 bridgehead atoms. The maximum Gasteiger partial charge on any atom is 0.335 e. The van der Waals surface area contributed by atoms with Crippen LogP contribution in [0.25, 0.3) is 0 Å². The highest BCUT2D eigenvalue weighted by Crippen LogP contribution is 2.29. The minimum atomic E-state index is -1.02. The summed E-state index contributed by atoms with van der Waals surface area (Å²) >= 11 is 0. The van der Waals surface area contributed by atoms with Gasteiger partial charge in [0.15, 0.2) is 0 Å². The van der Waals surface area contributed by atoms with Crippen molar-refractivity contribution in [2.24, 2.45) is 5.92 Å². The molecule has 1 aromatic carbocycles. The van der Waals surface area contributed by atoms with Gasteiger partial charge in [-0.25, -0.2) is 4.79 Å². The Morgan fingerprint density at radius 3 is 2.56 bits per heavy atom. The first-order valence-electron chi connectivity index (χ1n) is 6.22. The molecule has 1 aliphatic rings. The van der Waals surface area contributed by atoms with E-state index in [1.54, 1.807) is 12.1 Å². The number of carbonyl (C=O) groups excluding carboxylic acids is 1. The summed E-state index contributed by atoms with van der Waals surface area (Å²) in [5.41, 5.74) is 0.542. The molecular weight excluding hydrogens is 230 g/mol. The molecule has 1 saturated carbocycles. The molecule has 2 rings (SSSR count). The largest absolute Gasteiger partial charge is 0.478 e. The lowest BCUT2D eigenvalue weighted by molar-refractivity contribution is 0.0697. The second kappa shape index (κ2) is 5.21. The summed E-state index contributed by atoms with van der Waals surface area (Å²) in [6.07, 6.45) is 3.56. The molecule has 1 unspecified atom stereocenters. The number of carbonyl (C=O) groups is 2. The fourth-order valence-corrected chi connectivity index (χ4v) is 2.14. The normalized spacial score (nSPS) is 16.7. The second-order valence-electron chi connectivity index (χ2n) is 4.84. The fraction of sp³-hybridized carbons (Fsp3) is 0.429. The number of aromatic carboxylic acids is 1. The van der Waals surface area contributed by atoms with Crippen molar-refractivity contribution in [2.45, 2.75) is 32.2 Å². The number of hydrogen-bond acceptors (Lipinski definition) is 2. The van der Waals surface area contributed by atoms with Crippen LogP contribution in [0.15, 0.2) is 24.3 Å². The molecule has 18 heavy (non-hydrogen) atoms. The minimum absolute atomic E-state index is 0.138. The van der Waals surface area contributed by atoms with Gasteiger partial charge in [-0.3, -0.25) is 4.79 Å². The van der Waals surface area contributed by atoms with Crippen LogP contribution in [0.4, 0.5) is 0 Å². The molecule has 96 valence electrons. The van der Waals surface area contributed by atoms with Crippen molar-refractivity contribution in [3.05, 3.63) is 35.4 Å². The summed E-state index contributed by atoms with van der Waals surface area (Å²) in [4.78, 5) is 22.8. The number of nitrogens with one attached hydrogen (secondary N) is 1. The van der Waals surface area contributed by atoms with Gasteiger partial charge in [0.05, 0.1) is 5.56 Å². The van der Waals surface area contributed by atoms with Gasteiger partial charge in [-0.1, -0.05) is 12.5 Å². The molecule has 0 radical (unpaired) electrons. The first-order valence-corrected chi connectivity index (χ1v) is 6.22. The predicted octanol–water partition coefficient (Wildman–Crippen LogP) is 2.30. The summed E-state index contributed by atoms with van der Waals surface area (Å²) in [6.45, 7) is 2.00. The highest BCUT2D eigenvalue weighted by molar-refractivity contribution is 5.97. The van der Waals surface area contributed by atoms with Crippen molar-refractivity contribution in [1.82, 2.24) is 5.32 Å². The van der Waals surface area contributed by atoms with Crippen molar-refractivity contribution >= 4 is 11.9 Å². The van der Waals surface area contributed by atoms with Crippen LogP contribution in [-0.4, -0.2) is 23.0 Å². The standard InChI is InChI=1S/C14H17NO3/c1-9(10-4-2-5-10)15-13(16)11-6-3-7-12(8-11)14(17)18/h3,6-10H,2,4-5H2,1H3,(H,15,16)(H,17,18). The molecule has 0 heterocycles. The lowest BCUT2D eigenvalue weighted by Crippen LogP contribution is -2.40. The van der Waals surface area contributed by atoms with Gasteiger partial charge in [-0.2, -0.15) is 0 Å². The van der Waals surface area contributed by atoms with Gasteiger partial charge < -0.3 is 10.4 Å². The van der Waals surface area contributed by atoms with Crippen molar-refractivity contribution in [3.8, 4) is 0 Å². The molecular formula is C14H17NO3. The number of carboxylic acid groups (broad SMARTS) is 1. The number of amides is 1. The highest BCUT2D eigenvalue weighted by atomic mass is 16.4. The summed E-state index contributed by atoms with van der Waals surface area (Å²) in [7, 11) is 0. The zero-order chi connectivity index (χ0) is 13.1. The summed E-state index contributed by atoms with van der Waals surface area (Å²) < 4.78 is 0. The summed E-state index contributed by atoms with van der Waals surface area (Å²) in [5, 5.41) is 11.8. The first-order chi connectivity index (χ1) is 8.58. The third kappa shape index (κ3) is 2.70. The molecule has 0 spiro atoms. The average Bonchev–Trinajstić information content (AvgIpc) is 2.26. The highest BCUT2D eigenvalue weighted by Gasteiger charge is 2.25. The first kappa shape index (κ1) is 12.6. The SMILES string of the molecule is CC(NC(=O)c1cccc(C(=O)O)c1)C1CCC1. The molecule has 1 amide bonds. The van der Waals surface area contributed by atoms with Gasteiger partial charge in [0, 0.05) is 11.6 Å². The number of benzene rings is 1. The lowest BCUT2D eigenvalue weighted by atomic mass is 9.80. The molecule has 0 saturated heterocycles. The van der Waals surface area contributed by atoms with E-state index in [1.165, 1.54) is 18.6 Å². The van der Waals surface area contributed by atoms with Crippen LogP contribution < -0.4 is 5.32 Å². The third-order valence-electron chi connectivity index (χ3n) is 3.59. The average molecular weight is 247 g/mol. The Morgan fingerprint density at radius 1 is 1.33 bits per heavy atom. The van der Waals surface area contributed by atoms with E-state index in [-0.39, 0.29) is 17.5 Å². The van der Waals surface area contributed by atoms with Gasteiger partial charge >= 0.3 is 5.97 Å². The number of rotatable bonds is 4. The Morgan fingerprint density at radius 2 is 2.00 bits per heavy atom.